The van der Waals surface area contributed by atoms with Crippen LogP contribution in [0.4, 0.5) is 5.13 Å². The van der Waals surface area contributed by atoms with Gasteiger partial charge in [-0.25, -0.2) is 4.98 Å². The first kappa shape index (κ1) is 9.95. The summed E-state index contributed by atoms with van der Waals surface area (Å²) in [6.07, 6.45) is 4.93. The van der Waals surface area contributed by atoms with Gasteiger partial charge >= 0.3 is 7.12 Å². The predicted molar refractivity (Wildman–Crippen MR) is 57.8 cm³/mol. The van der Waals surface area contributed by atoms with Crippen LogP contribution in [-0.4, -0.2) is 28.2 Å². The van der Waals surface area contributed by atoms with Crippen molar-refractivity contribution in [3.8, 4) is 0 Å². The summed E-state index contributed by atoms with van der Waals surface area (Å²) in [7, 11) is -1.45. The minimum atomic E-state index is -1.45. The molecule has 0 atom stereocenters. The molecule has 1 heterocycles. The normalized spacial score (nSPS) is 17.3. The molecule has 76 valence electrons. The molecule has 0 aromatic carbocycles. The zero-order valence-electron chi connectivity index (χ0n) is 7.81. The van der Waals surface area contributed by atoms with E-state index < -0.39 is 7.12 Å². The molecule has 0 spiro atoms. The average Bonchev–Trinajstić information content (AvgIpc) is 2.75. The van der Waals surface area contributed by atoms with Crippen molar-refractivity contribution in [2.45, 2.75) is 31.7 Å². The second-order valence-corrected chi connectivity index (χ2v) is 4.44. The Bertz CT molecular complexity index is 299. The monoisotopic (exact) mass is 212 g/mol. The van der Waals surface area contributed by atoms with Gasteiger partial charge in [0.15, 0.2) is 5.13 Å². The molecule has 4 nitrogen and oxygen atoms in total. The van der Waals surface area contributed by atoms with Crippen molar-refractivity contribution in [2.75, 3.05) is 5.32 Å². The number of nitrogens with one attached hydrogen (secondary N) is 1. The highest BCUT2D eigenvalue weighted by molar-refractivity contribution is 7.14. The van der Waals surface area contributed by atoms with Gasteiger partial charge in [0.05, 0.1) is 5.59 Å². The van der Waals surface area contributed by atoms with E-state index >= 15 is 0 Å². The third-order valence-corrected chi connectivity index (χ3v) is 3.26. The summed E-state index contributed by atoms with van der Waals surface area (Å²) >= 11 is 1.42. The highest BCUT2D eigenvalue weighted by Gasteiger charge is 2.18. The summed E-state index contributed by atoms with van der Waals surface area (Å²) in [5.41, 5.74) is 0.329. The maximum absolute atomic E-state index is 8.87. The zero-order chi connectivity index (χ0) is 9.97. The topological polar surface area (TPSA) is 65.4 Å². The van der Waals surface area contributed by atoms with Gasteiger partial charge in [0.1, 0.15) is 0 Å². The van der Waals surface area contributed by atoms with Gasteiger partial charge in [-0.15, -0.1) is 11.3 Å². The van der Waals surface area contributed by atoms with Gasteiger partial charge in [0, 0.05) is 11.4 Å². The van der Waals surface area contributed by atoms with Crippen molar-refractivity contribution in [3.05, 3.63) is 5.38 Å². The third kappa shape index (κ3) is 2.26. The Labute approximate surface area is 87.1 Å². The van der Waals surface area contributed by atoms with E-state index in [4.69, 9.17) is 10.0 Å². The lowest BCUT2D eigenvalue weighted by Crippen LogP contribution is -2.31. The summed E-state index contributed by atoms with van der Waals surface area (Å²) in [5.74, 6) is 0. The average molecular weight is 212 g/mol. The van der Waals surface area contributed by atoms with Crippen LogP contribution in [0.5, 0.6) is 0 Å². The van der Waals surface area contributed by atoms with Gasteiger partial charge in [0.25, 0.3) is 0 Å². The summed E-state index contributed by atoms with van der Waals surface area (Å²) in [6.45, 7) is 0. The molecule has 0 bridgehead atoms. The van der Waals surface area contributed by atoms with Gasteiger partial charge in [0.2, 0.25) is 0 Å². The molecule has 1 aliphatic carbocycles. The minimum Gasteiger partial charge on any atom is -0.422 e. The Hall–Kier alpha value is -0.585. The Balaban J connectivity index is 1.95. The van der Waals surface area contributed by atoms with Gasteiger partial charge in [-0.05, 0) is 12.8 Å². The number of nitrogens with zero attached hydrogens (tertiary/aromatic N) is 1. The fourth-order valence-electron chi connectivity index (χ4n) is 1.72. The van der Waals surface area contributed by atoms with Crippen LogP contribution >= 0.6 is 11.3 Å². The van der Waals surface area contributed by atoms with E-state index in [0.717, 1.165) is 5.13 Å². The first-order valence-electron chi connectivity index (χ1n) is 4.84. The van der Waals surface area contributed by atoms with Crippen LogP contribution in [0.2, 0.25) is 0 Å². The van der Waals surface area contributed by atoms with E-state index in [1.54, 1.807) is 5.38 Å². The smallest absolute Gasteiger partial charge is 0.422 e. The standard InChI is InChI=1S/C8H13BN2O2S/c12-9(13)7-5-14-8(11-7)10-6-3-1-2-4-6/h5-6,12-13H,1-4H2,(H,10,11). The maximum atomic E-state index is 8.87. The molecular weight excluding hydrogens is 199 g/mol. The number of rotatable bonds is 3. The largest absolute Gasteiger partial charge is 0.509 e. The number of hydrogen-bond donors (Lipinski definition) is 3. The molecule has 1 fully saturated rings. The lowest BCUT2D eigenvalue weighted by Gasteiger charge is -2.09. The number of anilines is 1. The summed E-state index contributed by atoms with van der Waals surface area (Å²) in [6, 6.07) is 0.518. The Morgan fingerprint density at radius 1 is 1.43 bits per heavy atom. The van der Waals surface area contributed by atoms with E-state index in [-0.39, 0.29) is 0 Å². The first-order valence-corrected chi connectivity index (χ1v) is 5.72. The second kappa shape index (κ2) is 4.29. The lowest BCUT2D eigenvalue weighted by molar-refractivity contribution is 0.424. The molecule has 1 saturated carbocycles. The van der Waals surface area contributed by atoms with Crippen molar-refractivity contribution >= 4 is 29.2 Å². The predicted octanol–water partition coefficient (Wildman–Crippen LogP) is 0.177. The van der Waals surface area contributed by atoms with Crippen LogP contribution in [0.3, 0.4) is 0 Å². The van der Waals surface area contributed by atoms with Gasteiger partial charge in [-0.2, -0.15) is 0 Å². The summed E-state index contributed by atoms with van der Waals surface area (Å²) in [4.78, 5) is 4.08. The SMILES string of the molecule is OB(O)c1csc(NC2CCCC2)n1. The first-order chi connectivity index (χ1) is 6.75. The molecule has 0 radical (unpaired) electrons. The lowest BCUT2D eigenvalue weighted by atomic mass is 9.88. The van der Waals surface area contributed by atoms with E-state index in [9.17, 15) is 0 Å². The molecule has 1 aliphatic rings. The van der Waals surface area contributed by atoms with Crippen molar-refractivity contribution < 1.29 is 10.0 Å². The molecule has 6 heteroatoms. The molecule has 3 N–H and O–H groups in total. The van der Waals surface area contributed by atoms with Crippen LogP contribution < -0.4 is 10.9 Å². The van der Waals surface area contributed by atoms with Crippen LogP contribution in [0.15, 0.2) is 5.38 Å². The highest BCUT2D eigenvalue weighted by Crippen LogP contribution is 2.22. The van der Waals surface area contributed by atoms with Crippen LogP contribution in [0, 0.1) is 0 Å². The number of hydrogen-bond acceptors (Lipinski definition) is 5. The van der Waals surface area contributed by atoms with Crippen molar-refractivity contribution in [2.24, 2.45) is 0 Å². The van der Waals surface area contributed by atoms with Crippen molar-refractivity contribution in [1.82, 2.24) is 4.98 Å². The fraction of sp³-hybridized carbons (Fsp3) is 0.625. The number of thiazole rings is 1. The molecule has 1 aromatic heterocycles. The molecule has 2 rings (SSSR count). The highest BCUT2D eigenvalue weighted by atomic mass is 32.1. The zero-order valence-corrected chi connectivity index (χ0v) is 8.63. The van der Waals surface area contributed by atoms with E-state index in [1.165, 1.54) is 37.0 Å². The van der Waals surface area contributed by atoms with Gasteiger partial charge in [-0.1, -0.05) is 12.8 Å². The summed E-state index contributed by atoms with van der Waals surface area (Å²) < 4.78 is 0. The molecule has 1 aromatic rings. The maximum Gasteiger partial charge on any atom is 0.509 e. The molecule has 14 heavy (non-hydrogen) atoms. The van der Waals surface area contributed by atoms with Crippen molar-refractivity contribution in [3.63, 3.8) is 0 Å². The Kier molecular flexibility index (Phi) is 3.05. The quantitative estimate of drug-likeness (QED) is 0.625. The van der Waals surface area contributed by atoms with Gasteiger partial charge in [-0.3, -0.25) is 0 Å². The van der Waals surface area contributed by atoms with Crippen LogP contribution in [0.25, 0.3) is 0 Å². The number of aromatic nitrogens is 1. The van der Waals surface area contributed by atoms with Crippen LogP contribution in [0.1, 0.15) is 25.7 Å². The fourth-order valence-corrected chi connectivity index (χ4v) is 2.52. The van der Waals surface area contributed by atoms with Crippen LogP contribution in [-0.2, 0) is 0 Å². The van der Waals surface area contributed by atoms with E-state index in [1.807, 2.05) is 0 Å². The second-order valence-electron chi connectivity index (χ2n) is 3.58. The molecule has 0 aliphatic heterocycles. The van der Waals surface area contributed by atoms with Gasteiger partial charge < -0.3 is 15.4 Å². The van der Waals surface area contributed by atoms with E-state index in [0.29, 0.717) is 11.6 Å². The third-order valence-electron chi connectivity index (χ3n) is 2.47. The molecule has 0 saturated heterocycles. The Morgan fingerprint density at radius 2 is 2.14 bits per heavy atom. The Morgan fingerprint density at radius 3 is 2.71 bits per heavy atom. The van der Waals surface area contributed by atoms with Crippen molar-refractivity contribution in [1.29, 1.82) is 0 Å². The molecular formula is C8H13BN2O2S. The van der Waals surface area contributed by atoms with E-state index in [2.05, 4.69) is 10.3 Å². The molecule has 0 amide bonds. The molecule has 0 unspecified atom stereocenters. The summed E-state index contributed by atoms with van der Waals surface area (Å²) in [5, 5.41) is 23.5. The minimum absolute atomic E-state index is 0.329.